The maximum atomic E-state index is 5.51. The van der Waals surface area contributed by atoms with Crippen molar-refractivity contribution in [1.29, 1.82) is 0 Å². The maximum absolute atomic E-state index is 5.51. The molecule has 0 saturated heterocycles. The first-order valence-corrected chi connectivity index (χ1v) is 4.28. The Morgan fingerprint density at radius 1 is 1.46 bits per heavy atom. The van der Waals surface area contributed by atoms with E-state index in [0.29, 0.717) is 17.5 Å². The highest BCUT2D eigenvalue weighted by atomic mass is 15.1. The normalized spacial score (nSPS) is 11.3. The topological polar surface area (TPSA) is 67.6 Å². The van der Waals surface area contributed by atoms with Gasteiger partial charge in [-0.15, -0.1) is 0 Å². The van der Waals surface area contributed by atoms with E-state index >= 15 is 0 Å². The summed E-state index contributed by atoms with van der Waals surface area (Å²) in [5.74, 6) is 0.893. The highest BCUT2D eigenvalue weighted by Gasteiger charge is 2.04. The molecule has 3 N–H and O–H groups in total. The molecule has 0 aromatic carbocycles. The van der Waals surface area contributed by atoms with Crippen LogP contribution in [0.15, 0.2) is 12.3 Å². The summed E-state index contributed by atoms with van der Waals surface area (Å²) in [6, 6.07) is 2.04. The molecule has 0 saturated carbocycles. The lowest BCUT2D eigenvalue weighted by Crippen LogP contribution is -1.88. The number of aromatic nitrogens is 3. The number of H-pyrrole nitrogens is 1. The fourth-order valence-electron chi connectivity index (χ4n) is 1.25. The quantitative estimate of drug-likeness (QED) is 0.694. The molecule has 0 spiro atoms. The smallest absolute Gasteiger partial charge is 0.200 e. The zero-order chi connectivity index (χ0) is 9.42. The molecule has 13 heavy (non-hydrogen) atoms. The first-order valence-electron chi connectivity index (χ1n) is 4.28. The zero-order valence-corrected chi connectivity index (χ0v) is 7.70. The fourth-order valence-corrected chi connectivity index (χ4v) is 1.25. The van der Waals surface area contributed by atoms with Crippen molar-refractivity contribution in [3.8, 4) is 0 Å². The number of nitrogens with zero attached hydrogens (tertiary/aromatic N) is 2. The second-order valence-electron chi connectivity index (χ2n) is 3.42. The number of nitrogens with one attached hydrogen (secondary N) is 1. The zero-order valence-electron chi connectivity index (χ0n) is 7.70. The Balaban J connectivity index is 2.61. The molecule has 2 heterocycles. The summed E-state index contributed by atoms with van der Waals surface area (Å²) in [5, 5.41) is 0. The van der Waals surface area contributed by atoms with Crippen molar-refractivity contribution >= 4 is 17.1 Å². The van der Waals surface area contributed by atoms with Crippen LogP contribution in [0.3, 0.4) is 0 Å². The number of imidazole rings is 1. The maximum Gasteiger partial charge on any atom is 0.200 e. The van der Waals surface area contributed by atoms with Gasteiger partial charge in [-0.05, 0) is 17.5 Å². The van der Waals surface area contributed by atoms with Gasteiger partial charge in [0.05, 0.1) is 5.52 Å². The van der Waals surface area contributed by atoms with Crippen molar-refractivity contribution in [2.24, 2.45) is 0 Å². The summed E-state index contributed by atoms with van der Waals surface area (Å²) in [6.07, 6.45) is 1.84. The van der Waals surface area contributed by atoms with E-state index in [1.54, 1.807) is 0 Å². The number of nitrogen functional groups attached to an aromatic ring is 1. The van der Waals surface area contributed by atoms with Crippen LogP contribution >= 0.6 is 0 Å². The van der Waals surface area contributed by atoms with Crippen LogP contribution in [-0.4, -0.2) is 15.0 Å². The SMILES string of the molecule is CC(C)c1cnc2nc(N)[nH]c2c1. The third kappa shape index (κ3) is 1.35. The molecule has 0 fully saturated rings. The number of hydrogen-bond donors (Lipinski definition) is 2. The molecule has 2 aromatic rings. The van der Waals surface area contributed by atoms with Gasteiger partial charge in [0, 0.05) is 6.20 Å². The van der Waals surface area contributed by atoms with Crippen molar-refractivity contribution in [3.63, 3.8) is 0 Å². The Morgan fingerprint density at radius 2 is 2.23 bits per heavy atom. The van der Waals surface area contributed by atoms with E-state index in [-0.39, 0.29) is 0 Å². The molecule has 0 aliphatic heterocycles. The van der Waals surface area contributed by atoms with Crippen molar-refractivity contribution < 1.29 is 0 Å². The molecule has 0 amide bonds. The summed E-state index contributed by atoms with van der Waals surface area (Å²) in [7, 11) is 0. The van der Waals surface area contributed by atoms with E-state index in [1.165, 1.54) is 5.56 Å². The van der Waals surface area contributed by atoms with Gasteiger partial charge in [-0.2, -0.15) is 4.98 Å². The van der Waals surface area contributed by atoms with Crippen molar-refractivity contribution in [2.75, 3.05) is 5.73 Å². The lowest BCUT2D eigenvalue weighted by molar-refractivity contribution is 0.861. The molecule has 2 rings (SSSR count). The molecule has 0 unspecified atom stereocenters. The predicted octanol–water partition coefficient (Wildman–Crippen LogP) is 1.66. The molecular formula is C9H12N4. The molecule has 4 nitrogen and oxygen atoms in total. The van der Waals surface area contributed by atoms with E-state index in [1.807, 2.05) is 12.3 Å². The molecule has 0 aliphatic rings. The number of fused-ring (bicyclic) bond motifs is 1. The predicted molar refractivity (Wildman–Crippen MR) is 52.4 cm³/mol. The van der Waals surface area contributed by atoms with Crippen molar-refractivity contribution in [1.82, 2.24) is 15.0 Å². The molecule has 0 aliphatic carbocycles. The van der Waals surface area contributed by atoms with Gasteiger partial charge in [0.2, 0.25) is 0 Å². The molecule has 4 heteroatoms. The van der Waals surface area contributed by atoms with E-state index in [0.717, 1.165) is 5.52 Å². The molecule has 0 bridgehead atoms. The van der Waals surface area contributed by atoms with Crippen LogP contribution in [-0.2, 0) is 0 Å². The highest BCUT2D eigenvalue weighted by molar-refractivity contribution is 5.73. The third-order valence-electron chi connectivity index (χ3n) is 2.04. The van der Waals surface area contributed by atoms with Crippen LogP contribution in [0.2, 0.25) is 0 Å². The van der Waals surface area contributed by atoms with Crippen LogP contribution in [0.1, 0.15) is 25.3 Å². The summed E-state index contributed by atoms with van der Waals surface area (Å²) in [5.41, 5.74) is 8.29. The Morgan fingerprint density at radius 3 is 2.92 bits per heavy atom. The average molecular weight is 176 g/mol. The van der Waals surface area contributed by atoms with Gasteiger partial charge in [0.25, 0.3) is 0 Å². The van der Waals surface area contributed by atoms with Crippen LogP contribution in [0, 0.1) is 0 Å². The number of rotatable bonds is 1. The minimum atomic E-state index is 0.420. The number of aromatic amines is 1. The number of pyridine rings is 1. The molecule has 68 valence electrons. The lowest BCUT2D eigenvalue weighted by Gasteiger charge is -2.02. The summed E-state index contributed by atoms with van der Waals surface area (Å²) < 4.78 is 0. The Bertz CT molecular complexity index is 430. The lowest BCUT2D eigenvalue weighted by atomic mass is 10.1. The monoisotopic (exact) mass is 176 g/mol. The average Bonchev–Trinajstić information content (AvgIpc) is 2.42. The summed E-state index contributed by atoms with van der Waals surface area (Å²) in [4.78, 5) is 11.2. The largest absolute Gasteiger partial charge is 0.369 e. The molecule has 0 radical (unpaired) electrons. The number of anilines is 1. The van der Waals surface area contributed by atoms with Gasteiger partial charge >= 0.3 is 0 Å². The Kier molecular flexibility index (Phi) is 1.69. The van der Waals surface area contributed by atoms with Crippen LogP contribution in [0.5, 0.6) is 0 Å². The van der Waals surface area contributed by atoms with Gasteiger partial charge < -0.3 is 10.7 Å². The van der Waals surface area contributed by atoms with Crippen molar-refractivity contribution in [2.45, 2.75) is 19.8 Å². The van der Waals surface area contributed by atoms with E-state index in [9.17, 15) is 0 Å². The van der Waals surface area contributed by atoms with Crippen LogP contribution < -0.4 is 5.73 Å². The first-order chi connectivity index (χ1) is 6.16. The van der Waals surface area contributed by atoms with E-state index in [4.69, 9.17) is 5.73 Å². The first kappa shape index (κ1) is 8.04. The minimum absolute atomic E-state index is 0.420. The second kappa shape index (κ2) is 2.73. The van der Waals surface area contributed by atoms with E-state index < -0.39 is 0 Å². The Hall–Kier alpha value is -1.58. The second-order valence-corrected chi connectivity index (χ2v) is 3.42. The van der Waals surface area contributed by atoms with Gasteiger partial charge in [0.1, 0.15) is 0 Å². The molecule has 0 atom stereocenters. The van der Waals surface area contributed by atoms with Gasteiger partial charge in [-0.3, -0.25) is 0 Å². The standard InChI is InChI=1S/C9H12N4/c1-5(2)6-3-7-8(11-4-6)13-9(10)12-7/h3-5H,1-2H3,(H3,10,11,12,13). The van der Waals surface area contributed by atoms with Gasteiger partial charge in [-0.1, -0.05) is 13.8 Å². The summed E-state index contributed by atoms with van der Waals surface area (Å²) >= 11 is 0. The van der Waals surface area contributed by atoms with Crippen molar-refractivity contribution in [3.05, 3.63) is 17.8 Å². The van der Waals surface area contributed by atoms with Crippen LogP contribution in [0.4, 0.5) is 5.95 Å². The number of nitrogens with two attached hydrogens (primary N) is 1. The summed E-state index contributed by atoms with van der Waals surface area (Å²) in [6.45, 7) is 4.26. The van der Waals surface area contributed by atoms with E-state index in [2.05, 4.69) is 28.8 Å². The minimum Gasteiger partial charge on any atom is -0.369 e. The molecular weight excluding hydrogens is 164 g/mol. The van der Waals surface area contributed by atoms with Crippen LogP contribution in [0.25, 0.3) is 11.2 Å². The van der Waals surface area contributed by atoms with Gasteiger partial charge in [0.15, 0.2) is 11.6 Å². The third-order valence-corrected chi connectivity index (χ3v) is 2.04. The fraction of sp³-hybridized carbons (Fsp3) is 0.333. The Labute approximate surface area is 76.2 Å². The van der Waals surface area contributed by atoms with Gasteiger partial charge in [-0.25, -0.2) is 4.98 Å². The number of hydrogen-bond acceptors (Lipinski definition) is 3. The highest BCUT2D eigenvalue weighted by Crippen LogP contribution is 2.17. The molecule has 2 aromatic heterocycles.